The maximum absolute atomic E-state index is 12.6. The van der Waals surface area contributed by atoms with Gasteiger partial charge in [-0.2, -0.15) is 10.2 Å². The highest BCUT2D eigenvalue weighted by Crippen LogP contribution is 2.20. The Bertz CT molecular complexity index is 1890. The second-order valence-corrected chi connectivity index (χ2v) is 13.1. The molecule has 2 aromatic carbocycles. The standard InChI is InChI=1S/C20H25N3O4.C18H21N3O4/c1-4-26-20(25)18-11-16-12-22(6-5-7-23(16)21-18)19(24)13-27-17-9-14(2)8-15(3)10-17;1-12-6-13(2)8-15(7-12)25-11-17(22)20-4-3-5-21-14(10-20)9-16(19-21)18(23)24/h8-11H,4-7,12-13H2,1-3H3;6-9H,3-5,10-11H2,1-2H3,(H,23,24). The van der Waals surface area contributed by atoms with Crippen molar-refractivity contribution in [2.24, 2.45) is 0 Å². The third-order valence-corrected chi connectivity index (χ3v) is 8.55. The van der Waals surface area contributed by atoms with Gasteiger partial charge < -0.3 is 29.1 Å². The zero-order chi connectivity index (χ0) is 37.4. The Labute approximate surface area is 302 Å². The van der Waals surface area contributed by atoms with Crippen molar-refractivity contribution < 1.29 is 38.5 Å². The lowest BCUT2D eigenvalue weighted by Crippen LogP contribution is -2.34. The third kappa shape index (κ3) is 9.98. The number of carbonyl (C=O) groups excluding carboxylic acids is 3. The Morgan fingerprint density at radius 3 is 1.48 bits per heavy atom. The van der Waals surface area contributed by atoms with Crippen LogP contribution in [0.15, 0.2) is 48.5 Å². The minimum atomic E-state index is -1.06. The first-order valence-corrected chi connectivity index (χ1v) is 17.4. The summed E-state index contributed by atoms with van der Waals surface area (Å²) in [5, 5.41) is 17.4. The number of carboxylic acid groups (broad SMARTS) is 1. The number of aromatic carboxylic acids is 1. The molecule has 14 heteroatoms. The third-order valence-electron chi connectivity index (χ3n) is 8.55. The number of fused-ring (bicyclic) bond motifs is 2. The Balaban J connectivity index is 0.000000202. The lowest BCUT2D eigenvalue weighted by Gasteiger charge is -2.20. The van der Waals surface area contributed by atoms with Gasteiger partial charge in [-0.1, -0.05) is 12.1 Å². The zero-order valence-corrected chi connectivity index (χ0v) is 30.4. The highest BCUT2D eigenvalue weighted by molar-refractivity contribution is 5.87. The first-order chi connectivity index (χ1) is 24.9. The van der Waals surface area contributed by atoms with Crippen molar-refractivity contribution >= 4 is 23.8 Å². The predicted octanol–water partition coefficient (Wildman–Crippen LogP) is 4.50. The molecule has 2 aliphatic heterocycles. The number of hydrogen-bond acceptors (Lipinski definition) is 9. The molecule has 4 heterocycles. The summed E-state index contributed by atoms with van der Waals surface area (Å²) in [6.45, 7) is 13.2. The van der Waals surface area contributed by atoms with E-state index in [1.54, 1.807) is 32.2 Å². The number of ether oxygens (including phenoxy) is 3. The summed E-state index contributed by atoms with van der Waals surface area (Å²) in [5.74, 6) is -0.318. The molecule has 6 rings (SSSR count). The van der Waals surface area contributed by atoms with Gasteiger partial charge in [0.2, 0.25) is 0 Å². The highest BCUT2D eigenvalue weighted by atomic mass is 16.5. The molecule has 0 radical (unpaired) electrons. The van der Waals surface area contributed by atoms with E-state index in [0.717, 1.165) is 46.5 Å². The van der Waals surface area contributed by atoms with Gasteiger partial charge in [-0.15, -0.1) is 0 Å². The van der Waals surface area contributed by atoms with E-state index < -0.39 is 11.9 Å². The van der Waals surface area contributed by atoms with Crippen molar-refractivity contribution in [3.63, 3.8) is 0 Å². The Morgan fingerprint density at radius 1 is 0.635 bits per heavy atom. The van der Waals surface area contributed by atoms with Crippen molar-refractivity contribution in [1.82, 2.24) is 29.4 Å². The van der Waals surface area contributed by atoms with Crippen LogP contribution in [-0.4, -0.2) is 91.1 Å². The second kappa shape index (κ2) is 17.0. The molecule has 0 aliphatic carbocycles. The summed E-state index contributed by atoms with van der Waals surface area (Å²) in [4.78, 5) is 51.5. The van der Waals surface area contributed by atoms with E-state index in [1.807, 2.05) is 58.0 Å². The van der Waals surface area contributed by atoms with E-state index in [4.69, 9.17) is 19.3 Å². The number of aromatic nitrogens is 4. The molecule has 2 aliphatic rings. The molecule has 1 N–H and O–H groups in total. The van der Waals surface area contributed by atoms with Gasteiger partial charge in [0.15, 0.2) is 24.6 Å². The molecule has 0 saturated carbocycles. The monoisotopic (exact) mass is 714 g/mol. The van der Waals surface area contributed by atoms with Crippen LogP contribution in [0.5, 0.6) is 11.5 Å². The van der Waals surface area contributed by atoms with Crippen molar-refractivity contribution in [2.45, 2.75) is 73.6 Å². The van der Waals surface area contributed by atoms with Crippen LogP contribution in [0.4, 0.5) is 0 Å². The molecule has 0 unspecified atom stereocenters. The van der Waals surface area contributed by atoms with E-state index in [0.29, 0.717) is 57.4 Å². The molecule has 0 atom stereocenters. The number of aryl methyl sites for hydroxylation is 6. The maximum atomic E-state index is 12.6. The summed E-state index contributed by atoms with van der Waals surface area (Å²) >= 11 is 0. The fourth-order valence-electron chi connectivity index (χ4n) is 6.26. The quantitative estimate of drug-likeness (QED) is 0.245. The van der Waals surface area contributed by atoms with Crippen molar-refractivity contribution in [3.05, 3.63) is 93.6 Å². The largest absolute Gasteiger partial charge is 0.484 e. The molecule has 0 spiro atoms. The Kier molecular flexibility index (Phi) is 12.3. The van der Waals surface area contributed by atoms with Crippen LogP contribution < -0.4 is 9.47 Å². The molecule has 14 nitrogen and oxygen atoms in total. The summed E-state index contributed by atoms with van der Waals surface area (Å²) < 4.78 is 19.8. The fourth-order valence-corrected chi connectivity index (χ4v) is 6.26. The maximum Gasteiger partial charge on any atom is 0.358 e. The van der Waals surface area contributed by atoms with Gasteiger partial charge in [0.05, 0.1) is 31.1 Å². The first-order valence-electron chi connectivity index (χ1n) is 17.4. The highest BCUT2D eigenvalue weighted by Gasteiger charge is 2.24. The van der Waals surface area contributed by atoms with E-state index in [9.17, 15) is 19.2 Å². The van der Waals surface area contributed by atoms with E-state index in [-0.39, 0.29) is 36.4 Å². The molecule has 0 saturated heterocycles. The van der Waals surface area contributed by atoms with Crippen LogP contribution in [0.25, 0.3) is 0 Å². The first kappa shape index (κ1) is 37.6. The predicted molar refractivity (Wildman–Crippen MR) is 190 cm³/mol. The number of carboxylic acids is 1. The Hall–Kier alpha value is -5.66. The number of carbonyl (C=O) groups is 4. The number of nitrogens with zero attached hydrogens (tertiary/aromatic N) is 6. The number of amides is 2. The van der Waals surface area contributed by atoms with Crippen molar-refractivity contribution in [2.75, 3.05) is 32.9 Å². The van der Waals surface area contributed by atoms with Crippen LogP contribution >= 0.6 is 0 Å². The van der Waals surface area contributed by atoms with Gasteiger partial charge in [0.1, 0.15) is 11.5 Å². The van der Waals surface area contributed by atoms with Crippen LogP contribution in [-0.2, 0) is 40.5 Å². The van der Waals surface area contributed by atoms with Gasteiger partial charge in [-0.3, -0.25) is 19.0 Å². The van der Waals surface area contributed by atoms with Gasteiger partial charge in [-0.05, 0) is 106 Å². The van der Waals surface area contributed by atoms with Crippen LogP contribution in [0.2, 0.25) is 0 Å². The van der Waals surface area contributed by atoms with Gasteiger partial charge in [0, 0.05) is 26.2 Å². The summed E-state index contributed by atoms with van der Waals surface area (Å²) in [6.07, 6.45) is 1.50. The van der Waals surface area contributed by atoms with Crippen molar-refractivity contribution in [3.8, 4) is 11.5 Å². The molecule has 0 bridgehead atoms. The molecule has 0 fully saturated rings. The van der Waals surface area contributed by atoms with Gasteiger partial charge >= 0.3 is 11.9 Å². The average molecular weight is 715 g/mol. The van der Waals surface area contributed by atoms with E-state index in [2.05, 4.69) is 16.3 Å². The van der Waals surface area contributed by atoms with Crippen LogP contribution in [0.1, 0.15) is 74.4 Å². The molecule has 52 heavy (non-hydrogen) atoms. The number of esters is 1. The average Bonchev–Trinajstić information content (AvgIpc) is 3.55. The molecule has 276 valence electrons. The normalized spacial score (nSPS) is 13.8. The summed E-state index contributed by atoms with van der Waals surface area (Å²) in [6, 6.07) is 15.0. The molecule has 2 amide bonds. The molecule has 2 aromatic heterocycles. The van der Waals surface area contributed by atoms with Crippen LogP contribution in [0.3, 0.4) is 0 Å². The number of hydrogen-bond donors (Lipinski definition) is 1. The molecular weight excluding hydrogens is 668 g/mol. The Morgan fingerprint density at radius 2 is 1.06 bits per heavy atom. The minimum Gasteiger partial charge on any atom is -0.484 e. The smallest absolute Gasteiger partial charge is 0.358 e. The van der Waals surface area contributed by atoms with Gasteiger partial charge in [-0.25, -0.2) is 9.59 Å². The van der Waals surface area contributed by atoms with E-state index >= 15 is 0 Å². The summed E-state index contributed by atoms with van der Waals surface area (Å²) in [5.41, 5.74) is 6.23. The lowest BCUT2D eigenvalue weighted by molar-refractivity contribution is -0.134. The lowest BCUT2D eigenvalue weighted by atomic mass is 10.1. The zero-order valence-electron chi connectivity index (χ0n) is 30.4. The van der Waals surface area contributed by atoms with Gasteiger partial charge in [0.25, 0.3) is 11.8 Å². The second-order valence-electron chi connectivity index (χ2n) is 13.1. The number of rotatable bonds is 9. The van der Waals surface area contributed by atoms with Crippen molar-refractivity contribution in [1.29, 1.82) is 0 Å². The molecule has 4 aromatic rings. The van der Waals surface area contributed by atoms with Crippen LogP contribution in [0, 0.1) is 27.7 Å². The summed E-state index contributed by atoms with van der Waals surface area (Å²) in [7, 11) is 0. The van der Waals surface area contributed by atoms with E-state index in [1.165, 1.54) is 6.07 Å². The number of benzene rings is 2. The topological polar surface area (TPSA) is 158 Å². The molecular formula is C38H46N6O8. The minimum absolute atomic E-state index is 0.00999. The SMILES string of the molecule is CCOC(=O)c1cc2n(n1)CCCN(C(=O)COc1cc(C)cc(C)c1)C2.Cc1cc(C)cc(OCC(=O)N2CCCn3nc(C(=O)O)cc3C2)c1. The fraction of sp³-hybridized carbons (Fsp3) is 0.421.